The molecule has 0 bridgehead atoms. The Morgan fingerprint density at radius 3 is 2.06 bits per heavy atom. The SMILES string of the molecule is CC(C)(C)OC(=O)N1CCN(C(=O)CN2C(=O)NC(c3ccccc3)(C(F)(F)F)C2=O)CC1. The molecule has 180 valence electrons. The van der Waals surface area contributed by atoms with Crippen molar-refractivity contribution in [3.05, 3.63) is 35.9 Å². The Morgan fingerprint density at radius 2 is 1.55 bits per heavy atom. The lowest BCUT2D eigenvalue weighted by Gasteiger charge is -2.36. The number of alkyl halides is 3. The number of hydrogen-bond donors (Lipinski definition) is 1. The molecule has 2 saturated heterocycles. The van der Waals surface area contributed by atoms with E-state index in [9.17, 15) is 32.3 Å². The third kappa shape index (κ3) is 4.74. The molecule has 2 aliphatic rings. The molecule has 0 radical (unpaired) electrons. The number of halogens is 3. The highest BCUT2D eigenvalue weighted by Gasteiger charge is 2.68. The number of nitrogens with one attached hydrogen (secondary N) is 1. The summed E-state index contributed by atoms with van der Waals surface area (Å²) in [6.07, 6.45) is -5.67. The molecule has 2 fully saturated rings. The number of urea groups is 1. The Balaban J connectivity index is 1.69. The molecule has 3 rings (SSSR count). The van der Waals surface area contributed by atoms with E-state index in [1.165, 1.54) is 28.0 Å². The van der Waals surface area contributed by atoms with Crippen LogP contribution in [0.1, 0.15) is 26.3 Å². The highest BCUT2D eigenvalue weighted by atomic mass is 19.4. The lowest BCUT2D eigenvalue weighted by Crippen LogP contribution is -2.56. The first-order valence-corrected chi connectivity index (χ1v) is 10.3. The number of nitrogens with zero attached hydrogens (tertiary/aromatic N) is 3. The van der Waals surface area contributed by atoms with Crippen LogP contribution in [0.4, 0.5) is 22.8 Å². The molecule has 2 aliphatic heterocycles. The molecule has 1 N–H and O–H groups in total. The zero-order chi connectivity index (χ0) is 24.6. The van der Waals surface area contributed by atoms with Gasteiger partial charge in [-0.3, -0.25) is 14.5 Å². The summed E-state index contributed by atoms with van der Waals surface area (Å²) in [7, 11) is 0. The summed E-state index contributed by atoms with van der Waals surface area (Å²) in [4.78, 5) is 53.0. The molecular weight excluding hydrogens is 445 g/mol. The Hall–Kier alpha value is -3.31. The van der Waals surface area contributed by atoms with Crippen molar-refractivity contribution < 1.29 is 37.1 Å². The topological polar surface area (TPSA) is 99.3 Å². The molecule has 0 saturated carbocycles. The van der Waals surface area contributed by atoms with E-state index < -0.39 is 53.4 Å². The van der Waals surface area contributed by atoms with E-state index in [2.05, 4.69) is 0 Å². The number of piperazine rings is 1. The van der Waals surface area contributed by atoms with Crippen LogP contribution in [0.2, 0.25) is 0 Å². The standard InChI is InChI=1S/C21H25F3N4O5/c1-19(2,3)33-18(32)27-11-9-26(10-12-27)15(29)13-28-16(30)20(21(22,23)24,25-17(28)31)14-7-5-4-6-8-14/h4-8H,9-13H2,1-3H3,(H,25,31). The molecule has 1 unspecified atom stereocenters. The van der Waals surface area contributed by atoms with Crippen molar-refractivity contribution in [3.63, 3.8) is 0 Å². The van der Waals surface area contributed by atoms with Gasteiger partial charge in [-0.2, -0.15) is 13.2 Å². The smallest absolute Gasteiger partial charge is 0.425 e. The second-order valence-corrected chi connectivity index (χ2v) is 8.78. The van der Waals surface area contributed by atoms with Gasteiger partial charge < -0.3 is 19.9 Å². The predicted molar refractivity (Wildman–Crippen MR) is 109 cm³/mol. The van der Waals surface area contributed by atoms with Crippen LogP contribution in [0, 0.1) is 0 Å². The Bertz CT molecular complexity index is 939. The molecule has 2 heterocycles. The van der Waals surface area contributed by atoms with Crippen LogP contribution in [0.15, 0.2) is 30.3 Å². The minimum absolute atomic E-state index is 0.0881. The van der Waals surface area contributed by atoms with Crippen LogP contribution in [-0.4, -0.2) is 83.1 Å². The van der Waals surface area contributed by atoms with Gasteiger partial charge in [0.15, 0.2) is 0 Å². The molecular formula is C21H25F3N4O5. The minimum atomic E-state index is -5.13. The monoisotopic (exact) mass is 470 g/mol. The van der Waals surface area contributed by atoms with Crippen LogP contribution in [0.3, 0.4) is 0 Å². The van der Waals surface area contributed by atoms with Gasteiger partial charge in [-0.15, -0.1) is 0 Å². The summed E-state index contributed by atoms with van der Waals surface area (Å²) >= 11 is 0. The lowest BCUT2D eigenvalue weighted by atomic mass is 9.89. The van der Waals surface area contributed by atoms with Crippen LogP contribution in [0.25, 0.3) is 0 Å². The minimum Gasteiger partial charge on any atom is -0.444 e. The van der Waals surface area contributed by atoms with Gasteiger partial charge in [0.1, 0.15) is 12.1 Å². The number of carbonyl (C=O) groups is 4. The summed E-state index contributed by atoms with van der Waals surface area (Å²) in [5, 5.41) is 1.75. The van der Waals surface area contributed by atoms with Gasteiger partial charge in [-0.1, -0.05) is 30.3 Å². The second-order valence-electron chi connectivity index (χ2n) is 8.78. The number of carbonyl (C=O) groups excluding carboxylic acids is 4. The van der Waals surface area contributed by atoms with Gasteiger partial charge in [-0.25, -0.2) is 9.59 Å². The summed E-state index contributed by atoms with van der Waals surface area (Å²) in [5.74, 6) is -2.26. The van der Waals surface area contributed by atoms with Crippen molar-refractivity contribution in [2.75, 3.05) is 32.7 Å². The summed E-state index contributed by atoms with van der Waals surface area (Å²) in [5.41, 5.74) is -4.39. The summed E-state index contributed by atoms with van der Waals surface area (Å²) < 4.78 is 47.3. The first-order valence-electron chi connectivity index (χ1n) is 10.3. The Labute approximate surface area is 188 Å². The van der Waals surface area contributed by atoms with Crippen molar-refractivity contribution in [2.24, 2.45) is 0 Å². The van der Waals surface area contributed by atoms with Crippen LogP contribution < -0.4 is 5.32 Å². The highest BCUT2D eigenvalue weighted by molar-refractivity contribution is 6.10. The maximum Gasteiger partial charge on any atom is 0.425 e. The van der Waals surface area contributed by atoms with E-state index in [4.69, 9.17) is 4.74 Å². The van der Waals surface area contributed by atoms with Crippen LogP contribution in [-0.2, 0) is 19.9 Å². The number of rotatable bonds is 3. The summed E-state index contributed by atoms with van der Waals surface area (Å²) in [6, 6.07) is 5.00. The Kier molecular flexibility index (Phi) is 6.31. The molecule has 0 aromatic heterocycles. The maximum absolute atomic E-state index is 14.0. The third-order valence-corrected chi connectivity index (χ3v) is 5.31. The van der Waals surface area contributed by atoms with Crippen molar-refractivity contribution in [3.8, 4) is 0 Å². The first-order chi connectivity index (χ1) is 15.3. The maximum atomic E-state index is 14.0. The van der Waals surface area contributed by atoms with Gasteiger partial charge in [0.05, 0.1) is 0 Å². The van der Waals surface area contributed by atoms with Gasteiger partial charge in [-0.05, 0) is 26.3 Å². The molecule has 33 heavy (non-hydrogen) atoms. The zero-order valence-electron chi connectivity index (χ0n) is 18.4. The number of imide groups is 1. The third-order valence-electron chi connectivity index (χ3n) is 5.31. The molecule has 12 heteroatoms. The van der Waals surface area contributed by atoms with E-state index >= 15 is 0 Å². The van der Waals surface area contributed by atoms with Crippen molar-refractivity contribution in [1.82, 2.24) is 20.0 Å². The number of amides is 5. The Morgan fingerprint density at radius 1 is 1.00 bits per heavy atom. The fourth-order valence-corrected chi connectivity index (χ4v) is 3.66. The fourth-order valence-electron chi connectivity index (χ4n) is 3.66. The van der Waals surface area contributed by atoms with E-state index in [1.807, 2.05) is 0 Å². The van der Waals surface area contributed by atoms with Crippen molar-refractivity contribution in [2.45, 2.75) is 38.1 Å². The van der Waals surface area contributed by atoms with Gasteiger partial charge in [0, 0.05) is 26.2 Å². The van der Waals surface area contributed by atoms with E-state index in [0.717, 1.165) is 12.1 Å². The normalized spacial score (nSPS) is 21.8. The largest absolute Gasteiger partial charge is 0.444 e. The van der Waals surface area contributed by atoms with E-state index in [1.54, 1.807) is 26.1 Å². The van der Waals surface area contributed by atoms with Gasteiger partial charge in [0.25, 0.3) is 5.91 Å². The molecule has 1 aromatic rings. The molecule has 1 atom stereocenters. The first kappa shape index (κ1) is 24.3. The molecule has 0 spiro atoms. The van der Waals surface area contributed by atoms with E-state index in [0.29, 0.717) is 0 Å². The second kappa shape index (κ2) is 8.56. The lowest BCUT2D eigenvalue weighted by molar-refractivity contribution is -0.198. The van der Waals surface area contributed by atoms with Crippen molar-refractivity contribution >= 4 is 23.9 Å². The fraction of sp³-hybridized carbons (Fsp3) is 0.524. The average molecular weight is 470 g/mol. The van der Waals surface area contributed by atoms with Crippen molar-refractivity contribution in [1.29, 1.82) is 0 Å². The quantitative estimate of drug-likeness (QED) is 0.682. The summed E-state index contributed by atoms with van der Waals surface area (Å²) in [6.45, 7) is 4.80. The van der Waals surface area contributed by atoms with Crippen LogP contribution >= 0.6 is 0 Å². The zero-order valence-corrected chi connectivity index (χ0v) is 18.4. The average Bonchev–Trinajstić information content (AvgIpc) is 2.99. The molecule has 0 aliphatic carbocycles. The van der Waals surface area contributed by atoms with E-state index in [-0.39, 0.29) is 31.1 Å². The van der Waals surface area contributed by atoms with Gasteiger partial charge in [0.2, 0.25) is 11.4 Å². The number of ether oxygens (including phenoxy) is 1. The van der Waals surface area contributed by atoms with Gasteiger partial charge >= 0.3 is 18.3 Å². The predicted octanol–water partition coefficient (Wildman–Crippen LogP) is 2.08. The molecule has 9 nitrogen and oxygen atoms in total. The molecule has 1 aromatic carbocycles. The molecule has 5 amide bonds. The number of benzene rings is 1. The van der Waals surface area contributed by atoms with Crippen LogP contribution in [0.5, 0.6) is 0 Å². The highest BCUT2D eigenvalue weighted by Crippen LogP contribution is 2.43. The number of hydrogen-bond acceptors (Lipinski definition) is 5.